The van der Waals surface area contributed by atoms with Crippen molar-refractivity contribution in [3.05, 3.63) is 71.8 Å². The largest absolute Gasteiger partial charge is 0.469 e. The van der Waals surface area contributed by atoms with Crippen LogP contribution < -0.4 is 10.6 Å². The molecule has 0 unspecified atom stereocenters. The number of hydrogen-bond acceptors (Lipinski definition) is 8. The van der Waals surface area contributed by atoms with Gasteiger partial charge in [0.2, 0.25) is 11.8 Å². The van der Waals surface area contributed by atoms with Crippen molar-refractivity contribution in [2.45, 2.75) is 52.4 Å². The molecule has 40 heavy (non-hydrogen) atoms. The Labute approximate surface area is 234 Å². The maximum Gasteiger partial charge on any atom is 0.321 e. The Morgan fingerprint density at radius 1 is 0.775 bits per heavy atom. The van der Waals surface area contributed by atoms with Gasteiger partial charge in [-0.05, 0) is 29.9 Å². The molecule has 0 aromatic heterocycles. The SMILES string of the molecule is CNC(=O)[C@H](CCC(=O)OC)NC(=O)[C@H](CC(C)C)C(C(=O)OCc1ccccc1)C(=O)OCc1ccccc1. The summed E-state index contributed by atoms with van der Waals surface area (Å²) in [6.45, 7) is 3.49. The molecule has 0 aliphatic heterocycles. The van der Waals surface area contributed by atoms with E-state index in [0.717, 1.165) is 0 Å². The zero-order chi connectivity index (χ0) is 29.5. The molecular weight excluding hydrogens is 516 g/mol. The Kier molecular flexibility index (Phi) is 13.4. The zero-order valence-electron chi connectivity index (χ0n) is 23.4. The van der Waals surface area contributed by atoms with Crippen molar-refractivity contribution in [3.8, 4) is 0 Å². The van der Waals surface area contributed by atoms with Gasteiger partial charge in [0.15, 0.2) is 5.92 Å². The van der Waals surface area contributed by atoms with Gasteiger partial charge < -0.3 is 24.8 Å². The summed E-state index contributed by atoms with van der Waals surface area (Å²) >= 11 is 0. The fourth-order valence-corrected chi connectivity index (χ4v) is 4.05. The predicted octanol–water partition coefficient (Wildman–Crippen LogP) is 2.94. The van der Waals surface area contributed by atoms with Crippen molar-refractivity contribution < 1.29 is 38.2 Å². The number of benzene rings is 2. The van der Waals surface area contributed by atoms with Crippen molar-refractivity contribution in [2.24, 2.45) is 17.8 Å². The number of carbonyl (C=O) groups is 5. The van der Waals surface area contributed by atoms with Crippen LogP contribution in [0.25, 0.3) is 0 Å². The Hall–Kier alpha value is -4.21. The lowest BCUT2D eigenvalue weighted by Crippen LogP contribution is -2.51. The molecule has 0 bridgehead atoms. The fourth-order valence-electron chi connectivity index (χ4n) is 4.05. The molecule has 2 aromatic rings. The summed E-state index contributed by atoms with van der Waals surface area (Å²) in [6, 6.07) is 16.8. The fraction of sp³-hybridized carbons (Fsp3) is 0.433. The van der Waals surface area contributed by atoms with Crippen LogP contribution >= 0.6 is 0 Å². The number of rotatable bonds is 15. The molecule has 0 radical (unpaired) electrons. The molecule has 0 aliphatic carbocycles. The highest BCUT2D eigenvalue weighted by molar-refractivity contribution is 6.01. The molecule has 2 atom stereocenters. The summed E-state index contributed by atoms with van der Waals surface area (Å²) in [5.74, 6) is -6.48. The van der Waals surface area contributed by atoms with Crippen molar-refractivity contribution >= 4 is 29.7 Å². The van der Waals surface area contributed by atoms with Gasteiger partial charge in [-0.3, -0.25) is 24.0 Å². The Balaban J connectivity index is 2.33. The molecule has 0 aliphatic rings. The standard InChI is InChI=1S/C30H38N2O8/c1-20(2)17-23(27(34)32-24(28(35)31-3)15-16-25(33)38-4)26(29(36)39-18-21-11-7-5-8-12-21)30(37)40-19-22-13-9-6-10-14-22/h5-14,20,23-24,26H,15-19H2,1-4H3,(H,31,35)(H,32,34)/t23-,24+/m1/s1. The van der Waals surface area contributed by atoms with Crippen molar-refractivity contribution in [1.29, 1.82) is 0 Å². The van der Waals surface area contributed by atoms with Gasteiger partial charge in [0.25, 0.3) is 0 Å². The minimum atomic E-state index is -1.58. The van der Waals surface area contributed by atoms with E-state index in [0.29, 0.717) is 11.1 Å². The van der Waals surface area contributed by atoms with E-state index in [1.54, 1.807) is 48.5 Å². The number of hydrogen-bond donors (Lipinski definition) is 2. The highest BCUT2D eigenvalue weighted by Crippen LogP contribution is 2.26. The number of esters is 3. The molecule has 0 heterocycles. The monoisotopic (exact) mass is 554 g/mol. The van der Waals surface area contributed by atoms with Crippen LogP contribution in [0.3, 0.4) is 0 Å². The van der Waals surface area contributed by atoms with Gasteiger partial charge in [-0.25, -0.2) is 0 Å². The Morgan fingerprint density at radius 3 is 1.70 bits per heavy atom. The summed E-state index contributed by atoms with van der Waals surface area (Å²) in [4.78, 5) is 64.5. The summed E-state index contributed by atoms with van der Waals surface area (Å²) in [5, 5.41) is 5.07. The molecule has 0 spiro atoms. The van der Waals surface area contributed by atoms with Crippen LogP contribution in [0.4, 0.5) is 0 Å². The summed E-state index contributed by atoms with van der Waals surface area (Å²) in [6.07, 6.45) is -0.0196. The minimum Gasteiger partial charge on any atom is -0.469 e. The molecule has 10 heteroatoms. The summed E-state index contributed by atoms with van der Waals surface area (Å²) < 4.78 is 15.6. The molecule has 10 nitrogen and oxygen atoms in total. The first kappa shape index (κ1) is 32.0. The number of likely N-dealkylation sites (N-methyl/N-ethyl adjacent to an activating group) is 1. The molecule has 0 saturated heterocycles. The molecule has 2 aromatic carbocycles. The predicted molar refractivity (Wildman–Crippen MR) is 146 cm³/mol. The van der Waals surface area contributed by atoms with E-state index in [1.807, 2.05) is 26.0 Å². The lowest BCUT2D eigenvalue weighted by Gasteiger charge is -2.27. The van der Waals surface area contributed by atoms with Crippen LogP contribution in [-0.2, 0) is 51.4 Å². The molecular formula is C30H38N2O8. The smallest absolute Gasteiger partial charge is 0.321 e. The quantitative estimate of drug-likeness (QED) is 0.195. The zero-order valence-corrected chi connectivity index (χ0v) is 23.4. The first-order valence-corrected chi connectivity index (χ1v) is 13.2. The van der Waals surface area contributed by atoms with Gasteiger partial charge in [0.05, 0.1) is 13.0 Å². The number of methoxy groups -OCH3 is 1. The van der Waals surface area contributed by atoms with E-state index in [2.05, 4.69) is 15.4 Å². The molecule has 216 valence electrons. The number of amides is 2. The highest BCUT2D eigenvalue weighted by Gasteiger charge is 2.43. The Morgan fingerprint density at radius 2 is 1.27 bits per heavy atom. The van der Waals surface area contributed by atoms with Gasteiger partial charge in [-0.1, -0.05) is 74.5 Å². The molecule has 2 amide bonds. The van der Waals surface area contributed by atoms with E-state index in [1.165, 1.54) is 14.2 Å². The van der Waals surface area contributed by atoms with Gasteiger partial charge in [-0.2, -0.15) is 0 Å². The van der Waals surface area contributed by atoms with Gasteiger partial charge in [-0.15, -0.1) is 0 Å². The first-order valence-electron chi connectivity index (χ1n) is 13.2. The van der Waals surface area contributed by atoms with Crippen molar-refractivity contribution in [3.63, 3.8) is 0 Å². The van der Waals surface area contributed by atoms with Crippen LogP contribution in [0, 0.1) is 17.8 Å². The Bertz CT molecular complexity index is 1070. The summed E-state index contributed by atoms with van der Waals surface area (Å²) in [7, 11) is 2.62. The van der Waals surface area contributed by atoms with Crippen molar-refractivity contribution in [1.82, 2.24) is 10.6 Å². The van der Waals surface area contributed by atoms with Gasteiger partial charge in [0.1, 0.15) is 19.3 Å². The third-order valence-electron chi connectivity index (χ3n) is 6.16. The van der Waals surface area contributed by atoms with Gasteiger partial charge in [0, 0.05) is 13.5 Å². The number of ether oxygens (including phenoxy) is 3. The molecule has 2 N–H and O–H groups in total. The second kappa shape index (κ2) is 16.7. The van der Waals surface area contributed by atoms with E-state index in [9.17, 15) is 24.0 Å². The number of carbonyl (C=O) groups excluding carboxylic acids is 5. The molecule has 0 fully saturated rings. The topological polar surface area (TPSA) is 137 Å². The second-order valence-electron chi connectivity index (χ2n) is 9.69. The minimum absolute atomic E-state index is 0.0337. The highest BCUT2D eigenvalue weighted by atomic mass is 16.6. The van der Waals surface area contributed by atoms with E-state index >= 15 is 0 Å². The lowest BCUT2D eigenvalue weighted by atomic mass is 9.84. The van der Waals surface area contributed by atoms with Crippen LogP contribution in [0.5, 0.6) is 0 Å². The van der Waals surface area contributed by atoms with E-state index in [-0.39, 0.29) is 38.4 Å². The third kappa shape index (κ3) is 10.5. The normalized spacial score (nSPS) is 12.2. The van der Waals surface area contributed by atoms with Crippen LogP contribution in [0.1, 0.15) is 44.2 Å². The van der Waals surface area contributed by atoms with Crippen LogP contribution in [0.15, 0.2) is 60.7 Å². The first-order chi connectivity index (χ1) is 19.2. The lowest BCUT2D eigenvalue weighted by molar-refractivity contribution is -0.169. The molecule has 2 rings (SSSR count). The molecule has 0 saturated carbocycles. The maximum atomic E-state index is 13.6. The van der Waals surface area contributed by atoms with Crippen molar-refractivity contribution in [2.75, 3.05) is 14.2 Å². The maximum absolute atomic E-state index is 13.6. The van der Waals surface area contributed by atoms with E-state index in [4.69, 9.17) is 9.47 Å². The average molecular weight is 555 g/mol. The average Bonchev–Trinajstić information content (AvgIpc) is 2.96. The van der Waals surface area contributed by atoms with E-state index < -0.39 is 47.6 Å². The second-order valence-corrected chi connectivity index (χ2v) is 9.69. The van der Waals surface area contributed by atoms with Crippen LogP contribution in [0.2, 0.25) is 0 Å². The number of nitrogens with one attached hydrogen (secondary N) is 2. The van der Waals surface area contributed by atoms with Gasteiger partial charge >= 0.3 is 17.9 Å². The third-order valence-corrected chi connectivity index (χ3v) is 6.16. The van der Waals surface area contributed by atoms with Crippen LogP contribution in [-0.4, -0.2) is 49.9 Å². The summed E-state index contributed by atoms with van der Waals surface area (Å²) in [5.41, 5.74) is 1.42.